The lowest BCUT2D eigenvalue weighted by atomic mass is 10.00. The summed E-state index contributed by atoms with van der Waals surface area (Å²) in [5, 5.41) is 0.506. The third kappa shape index (κ3) is 2.01. The lowest BCUT2D eigenvalue weighted by Gasteiger charge is -2.19. The van der Waals surface area contributed by atoms with E-state index in [0.717, 1.165) is 19.3 Å². The SMILES string of the molecule is CCC1CC2C(=O)N(c3cccc(Cl)c3Br)C(=O)C2C1. The van der Waals surface area contributed by atoms with Gasteiger partial charge < -0.3 is 0 Å². The predicted octanol–water partition coefficient (Wildman–Crippen LogP) is 4.03. The summed E-state index contributed by atoms with van der Waals surface area (Å²) in [6, 6.07) is 5.24. The van der Waals surface area contributed by atoms with Gasteiger partial charge in [0.2, 0.25) is 11.8 Å². The molecule has 1 aliphatic carbocycles. The van der Waals surface area contributed by atoms with Crippen molar-refractivity contribution in [2.24, 2.45) is 17.8 Å². The van der Waals surface area contributed by atoms with Crippen molar-refractivity contribution in [1.29, 1.82) is 0 Å². The molecule has 1 saturated heterocycles. The molecule has 1 heterocycles. The molecule has 20 heavy (non-hydrogen) atoms. The molecule has 2 fully saturated rings. The van der Waals surface area contributed by atoms with E-state index in [0.29, 0.717) is 21.1 Å². The maximum Gasteiger partial charge on any atom is 0.237 e. The van der Waals surface area contributed by atoms with Crippen LogP contribution in [0.1, 0.15) is 26.2 Å². The van der Waals surface area contributed by atoms with Crippen LogP contribution in [0.3, 0.4) is 0 Å². The number of halogens is 2. The molecular weight excluding hydrogens is 342 g/mol. The van der Waals surface area contributed by atoms with Crippen LogP contribution in [-0.2, 0) is 9.59 Å². The molecule has 1 saturated carbocycles. The summed E-state index contributed by atoms with van der Waals surface area (Å²) in [6.45, 7) is 2.12. The molecule has 2 aliphatic rings. The second-order valence-corrected chi connectivity index (χ2v) is 6.74. The quantitative estimate of drug-likeness (QED) is 0.750. The standard InChI is InChI=1S/C15H15BrClNO2/c1-2-8-6-9-10(7-8)15(20)18(14(9)19)12-5-3-4-11(17)13(12)16/h3-5,8-10H,2,6-7H2,1H3. The minimum absolute atomic E-state index is 0.0704. The van der Waals surface area contributed by atoms with Crippen LogP contribution in [0, 0.1) is 17.8 Å². The molecule has 0 spiro atoms. The fourth-order valence-electron chi connectivity index (χ4n) is 3.36. The van der Waals surface area contributed by atoms with E-state index in [4.69, 9.17) is 11.6 Å². The molecule has 1 aromatic carbocycles. The average molecular weight is 357 g/mol. The van der Waals surface area contributed by atoms with E-state index < -0.39 is 0 Å². The molecule has 2 unspecified atom stereocenters. The third-order valence-corrected chi connectivity index (χ3v) is 5.86. The zero-order chi connectivity index (χ0) is 14.4. The molecule has 0 radical (unpaired) electrons. The van der Waals surface area contributed by atoms with E-state index in [2.05, 4.69) is 22.9 Å². The van der Waals surface area contributed by atoms with Crippen LogP contribution < -0.4 is 4.90 Å². The molecular formula is C15H15BrClNO2. The number of nitrogens with zero attached hydrogens (tertiary/aromatic N) is 1. The van der Waals surface area contributed by atoms with Crippen LogP contribution >= 0.6 is 27.5 Å². The van der Waals surface area contributed by atoms with Gasteiger partial charge in [-0.25, -0.2) is 4.90 Å². The van der Waals surface area contributed by atoms with Crippen molar-refractivity contribution in [3.05, 3.63) is 27.7 Å². The molecule has 1 aliphatic heterocycles. The highest BCUT2D eigenvalue weighted by Gasteiger charge is 2.53. The first-order chi connectivity index (χ1) is 9.54. The molecule has 3 rings (SSSR count). The second-order valence-electron chi connectivity index (χ2n) is 5.54. The molecule has 2 amide bonds. The molecule has 3 nitrogen and oxygen atoms in total. The Morgan fingerprint density at radius 3 is 2.40 bits per heavy atom. The fraction of sp³-hybridized carbons (Fsp3) is 0.467. The molecule has 5 heteroatoms. The maximum atomic E-state index is 12.6. The monoisotopic (exact) mass is 355 g/mol. The number of hydrogen-bond acceptors (Lipinski definition) is 2. The Bertz CT molecular complexity index is 565. The summed E-state index contributed by atoms with van der Waals surface area (Å²) >= 11 is 9.43. The summed E-state index contributed by atoms with van der Waals surface area (Å²) in [7, 11) is 0. The Balaban J connectivity index is 1.96. The molecule has 2 atom stereocenters. The number of rotatable bonds is 2. The normalized spacial score (nSPS) is 29.1. The van der Waals surface area contributed by atoms with Crippen molar-refractivity contribution in [2.45, 2.75) is 26.2 Å². The summed E-state index contributed by atoms with van der Waals surface area (Å²) < 4.78 is 0.607. The van der Waals surface area contributed by atoms with Crippen LogP contribution in [0.4, 0.5) is 5.69 Å². The van der Waals surface area contributed by atoms with Gasteiger partial charge in [0, 0.05) is 0 Å². The number of benzene rings is 1. The predicted molar refractivity (Wildman–Crippen MR) is 81.6 cm³/mol. The first kappa shape index (κ1) is 14.1. The van der Waals surface area contributed by atoms with Crippen LogP contribution in [0.5, 0.6) is 0 Å². The van der Waals surface area contributed by atoms with Gasteiger partial charge in [0.1, 0.15) is 0 Å². The Labute approximate surface area is 131 Å². The highest BCUT2D eigenvalue weighted by atomic mass is 79.9. The van der Waals surface area contributed by atoms with E-state index >= 15 is 0 Å². The zero-order valence-electron chi connectivity index (χ0n) is 11.1. The molecule has 0 N–H and O–H groups in total. The van der Waals surface area contributed by atoms with Gasteiger partial charge in [0.05, 0.1) is 27.0 Å². The number of carbonyl (C=O) groups is 2. The summed E-state index contributed by atoms with van der Waals surface area (Å²) in [6.07, 6.45) is 2.70. The molecule has 0 bridgehead atoms. The van der Waals surface area contributed by atoms with Crippen molar-refractivity contribution in [3.8, 4) is 0 Å². The van der Waals surface area contributed by atoms with Crippen LogP contribution in [0.2, 0.25) is 5.02 Å². The van der Waals surface area contributed by atoms with E-state index in [1.165, 1.54) is 4.90 Å². The van der Waals surface area contributed by atoms with Gasteiger partial charge in [-0.2, -0.15) is 0 Å². The summed E-state index contributed by atoms with van der Waals surface area (Å²) in [5.41, 5.74) is 0.565. The van der Waals surface area contributed by atoms with Crippen molar-refractivity contribution in [2.75, 3.05) is 4.90 Å². The number of fused-ring (bicyclic) bond motifs is 1. The van der Waals surface area contributed by atoms with Gasteiger partial charge in [-0.15, -0.1) is 0 Å². The topological polar surface area (TPSA) is 37.4 Å². The molecule has 1 aromatic rings. The smallest absolute Gasteiger partial charge is 0.237 e. The molecule has 0 aromatic heterocycles. The number of carbonyl (C=O) groups excluding carboxylic acids is 2. The van der Waals surface area contributed by atoms with Gasteiger partial charge in [-0.3, -0.25) is 9.59 Å². The first-order valence-corrected chi connectivity index (χ1v) is 8.03. The van der Waals surface area contributed by atoms with Crippen LogP contribution in [0.15, 0.2) is 22.7 Å². The molecule has 106 valence electrons. The van der Waals surface area contributed by atoms with E-state index in [-0.39, 0.29) is 23.7 Å². The lowest BCUT2D eigenvalue weighted by Crippen LogP contribution is -2.32. The minimum Gasteiger partial charge on any atom is -0.274 e. The second kappa shape index (κ2) is 5.15. The number of amides is 2. The Morgan fingerprint density at radius 1 is 1.25 bits per heavy atom. The zero-order valence-corrected chi connectivity index (χ0v) is 13.4. The van der Waals surface area contributed by atoms with Gasteiger partial charge in [-0.05, 0) is 46.8 Å². The van der Waals surface area contributed by atoms with Gasteiger partial charge in [-0.1, -0.05) is 31.0 Å². The average Bonchev–Trinajstić information content (AvgIpc) is 2.95. The van der Waals surface area contributed by atoms with Crippen molar-refractivity contribution < 1.29 is 9.59 Å². The van der Waals surface area contributed by atoms with Crippen LogP contribution in [0.25, 0.3) is 0 Å². The number of imide groups is 1. The number of hydrogen-bond donors (Lipinski definition) is 0. The summed E-state index contributed by atoms with van der Waals surface area (Å²) in [5.74, 6) is 0.0809. The highest BCUT2D eigenvalue weighted by Crippen LogP contribution is 2.47. The highest BCUT2D eigenvalue weighted by molar-refractivity contribution is 9.10. The van der Waals surface area contributed by atoms with Crippen molar-refractivity contribution in [1.82, 2.24) is 0 Å². The Hall–Kier alpha value is -0.870. The maximum absolute atomic E-state index is 12.6. The Morgan fingerprint density at radius 2 is 1.85 bits per heavy atom. The number of anilines is 1. The van der Waals surface area contributed by atoms with Gasteiger partial charge in [0.25, 0.3) is 0 Å². The summed E-state index contributed by atoms with van der Waals surface area (Å²) in [4.78, 5) is 26.4. The van der Waals surface area contributed by atoms with Crippen molar-refractivity contribution >= 4 is 45.0 Å². The van der Waals surface area contributed by atoms with Gasteiger partial charge in [0.15, 0.2) is 0 Å². The van der Waals surface area contributed by atoms with Gasteiger partial charge >= 0.3 is 0 Å². The van der Waals surface area contributed by atoms with Crippen LogP contribution in [-0.4, -0.2) is 11.8 Å². The van der Waals surface area contributed by atoms with E-state index in [1.807, 2.05) is 0 Å². The van der Waals surface area contributed by atoms with E-state index in [1.54, 1.807) is 18.2 Å². The third-order valence-electron chi connectivity index (χ3n) is 4.48. The lowest BCUT2D eigenvalue weighted by molar-refractivity contribution is -0.123. The van der Waals surface area contributed by atoms with E-state index in [9.17, 15) is 9.59 Å². The fourth-order valence-corrected chi connectivity index (χ4v) is 3.98. The minimum atomic E-state index is -0.140. The first-order valence-electron chi connectivity index (χ1n) is 6.86. The van der Waals surface area contributed by atoms with Crippen molar-refractivity contribution in [3.63, 3.8) is 0 Å². The largest absolute Gasteiger partial charge is 0.274 e. The Kier molecular flexibility index (Phi) is 3.63.